The van der Waals surface area contributed by atoms with E-state index in [1.165, 1.54) is 39.9 Å². The molecule has 10 heteroatoms. The molecule has 2 aromatic carbocycles. The maximum absolute atomic E-state index is 13.1. The first-order valence-corrected chi connectivity index (χ1v) is 13.9. The SMILES string of the molecule is CCCn1c(=NC(=O)c2ccc(S(=O)(=O)N3CC(C)OC(C)C3)cc2)sc2cc(Br)ccc21. The number of hydrogen-bond donors (Lipinski definition) is 0. The number of halogens is 1. The predicted octanol–water partition coefficient (Wildman–Crippen LogP) is 4.41. The average molecular weight is 553 g/mol. The molecule has 2 atom stereocenters. The summed E-state index contributed by atoms with van der Waals surface area (Å²) in [5.41, 5.74) is 1.38. The van der Waals surface area contributed by atoms with Gasteiger partial charge in [-0.2, -0.15) is 9.30 Å². The van der Waals surface area contributed by atoms with Crippen molar-refractivity contribution >= 4 is 53.4 Å². The number of carbonyl (C=O) groups excluding carboxylic acids is 1. The third-order valence-electron chi connectivity index (χ3n) is 5.41. The molecule has 1 fully saturated rings. The minimum Gasteiger partial charge on any atom is -0.373 e. The van der Waals surface area contributed by atoms with Gasteiger partial charge in [-0.15, -0.1) is 0 Å². The lowest BCUT2D eigenvalue weighted by Crippen LogP contribution is -2.48. The summed E-state index contributed by atoms with van der Waals surface area (Å²) < 4.78 is 37.2. The summed E-state index contributed by atoms with van der Waals surface area (Å²) in [7, 11) is -3.66. The standard InChI is InChI=1S/C23H26BrN3O4S2/c1-4-11-27-20-10-7-18(24)12-21(20)32-23(27)25-22(28)17-5-8-19(9-6-17)33(29,30)26-13-15(2)31-16(3)14-26/h5-10,12,15-16H,4,11,13-14H2,1-3H3. The van der Waals surface area contributed by atoms with E-state index >= 15 is 0 Å². The molecule has 0 N–H and O–H groups in total. The van der Waals surface area contributed by atoms with Gasteiger partial charge in [0.05, 0.1) is 27.3 Å². The number of nitrogens with zero attached hydrogens (tertiary/aromatic N) is 3. The zero-order valence-corrected chi connectivity index (χ0v) is 21.9. The fourth-order valence-corrected chi connectivity index (χ4v) is 7.17. The lowest BCUT2D eigenvalue weighted by molar-refractivity contribution is -0.0440. The molecule has 2 unspecified atom stereocenters. The van der Waals surface area contributed by atoms with E-state index in [0.29, 0.717) is 23.5 Å². The number of aryl methyl sites for hydroxylation is 1. The second-order valence-corrected chi connectivity index (χ2v) is 12.0. The van der Waals surface area contributed by atoms with Crippen molar-refractivity contribution in [1.29, 1.82) is 0 Å². The van der Waals surface area contributed by atoms with Gasteiger partial charge in [-0.1, -0.05) is 34.2 Å². The second-order valence-electron chi connectivity index (χ2n) is 8.17. The quantitative estimate of drug-likeness (QED) is 0.470. The molecule has 0 bridgehead atoms. The van der Waals surface area contributed by atoms with Gasteiger partial charge < -0.3 is 9.30 Å². The van der Waals surface area contributed by atoms with Gasteiger partial charge in [-0.25, -0.2) is 8.42 Å². The molecule has 0 radical (unpaired) electrons. The van der Waals surface area contributed by atoms with Crippen molar-refractivity contribution in [3.05, 3.63) is 57.3 Å². The Hall–Kier alpha value is -1.85. The number of aromatic nitrogens is 1. The number of carbonyl (C=O) groups is 1. The van der Waals surface area contributed by atoms with Crippen molar-refractivity contribution in [2.45, 2.75) is 50.8 Å². The lowest BCUT2D eigenvalue weighted by Gasteiger charge is -2.34. The number of amides is 1. The van der Waals surface area contributed by atoms with E-state index in [-0.39, 0.29) is 17.1 Å². The van der Waals surface area contributed by atoms with Crippen LogP contribution < -0.4 is 4.80 Å². The highest BCUT2D eigenvalue weighted by atomic mass is 79.9. The van der Waals surface area contributed by atoms with Crippen LogP contribution in [-0.4, -0.2) is 48.5 Å². The molecular weight excluding hydrogens is 526 g/mol. The van der Waals surface area contributed by atoms with Crippen LogP contribution in [0, 0.1) is 0 Å². The number of fused-ring (bicyclic) bond motifs is 1. The van der Waals surface area contributed by atoms with Crippen molar-refractivity contribution in [2.75, 3.05) is 13.1 Å². The Kier molecular flexibility index (Phi) is 7.20. The molecule has 0 aliphatic carbocycles. The summed E-state index contributed by atoms with van der Waals surface area (Å²) in [5, 5.41) is 0. The Bertz CT molecular complexity index is 1340. The summed E-state index contributed by atoms with van der Waals surface area (Å²) in [4.78, 5) is 18.1. The lowest BCUT2D eigenvalue weighted by atomic mass is 10.2. The van der Waals surface area contributed by atoms with Crippen LogP contribution in [0.5, 0.6) is 0 Å². The molecular formula is C23H26BrN3O4S2. The number of morpholine rings is 1. The topological polar surface area (TPSA) is 81.0 Å². The van der Waals surface area contributed by atoms with Crippen LogP contribution in [0.2, 0.25) is 0 Å². The van der Waals surface area contributed by atoms with Gasteiger partial charge >= 0.3 is 0 Å². The Morgan fingerprint density at radius 1 is 1.15 bits per heavy atom. The van der Waals surface area contributed by atoms with E-state index in [1.807, 2.05) is 36.6 Å². The van der Waals surface area contributed by atoms with E-state index < -0.39 is 15.9 Å². The van der Waals surface area contributed by atoms with Crippen molar-refractivity contribution in [3.8, 4) is 0 Å². The molecule has 1 aliphatic rings. The molecule has 0 spiro atoms. The first-order chi connectivity index (χ1) is 15.7. The Labute approximate surface area is 205 Å². The summed E-state index contributed by atoms with van der Waals surface area (Å²) in [6.45, 7) is 7.17. The van der Waals surface area contributed by atoms with E-state index in [4.69, 9.17) is 4.74 Å². The number of thiazole rings is 1. The average Bonchev–Trinajstić information content (AvgIpc) is 3.09. The Balaban J connectivity index is 1.63. The van der Waals surface area contributed by atoms with Gasteiger partial charge in [0.1, 0.15) is 0 Å². The van der Waals surface area contributed by atoms with Gasteiger partial charge in [0.2, 0.25) is 10.0 Å². The van der Waals surface area contributed by atoms with Gasteiger partial charge in [-0.05, 0) is 62.7 Å². The minimum atomic E-state index is -3.66. The first-order valence-electron chi connectivity index (χ1n) is 10.8. The predicted molar refractivity (Wildman–Crippen MR) is 133 cm³/mol. The minimum absolute atomic E-state index is 0.160. The van der Waals surface area contributed by atoms with Gasteiger partial charge in [0.15, 0.2) is 4.80 Å². The van der Waals surface area contributed by atoms with E-state index in [9.17, 15) is 13.2 Å². The molecule has 0 saturated carbocycles. The fourth-order valence-electron chi connectivity index (χ4n) is 3.97. The van der Waals surface area contributed by atoms with Crippen LogP contribution in [0.1, 0.15) is 37.6 Å². The van der Waals surface area contributed by atoms with Crippen molar-refractivity contribution in [3.63, 3.8) is 0 Å². The fraction of sp³-hybridized carbons (Fsp3) is 0.391. The molecule has 1 saturated heterocycles. The number of benzene rings is 2. The largest absolute Gasteiger partial charge is 0.373 e. The van der Waals surface area contributed by atoms with Gasteiger partial charge in [0, 0.05) is 29.7 Å². The molecule has 3 aromatic rings. The van der Waals surface area contributed by atoms with Crippen LogP contribution in [0.3, 0.4) is 0 Å². The Morgan fingerprint density at radius 2 is 1.82 bits per heavy atom. The number of hydrogen-bond acceptors (Lipinski definition) is 5. The normalized spacial score (nSPS) is 20.4. The number of rotatable bonds is 5. The first kappa shape index (κ1) is 24.3. The highest BCUT2D eigenvalue weighted by Gasteiger charge is 2.32. The maximum atomic E-state index is 13.1. The van der Waals surface area contributed by atoms with E-state index in [1.54, 1.807) is 0 Å². The number of sulfonamides is 1. The summed E-state index contributed by atoms with van der Waals surface area (Å²) in [6.07, 6.45) is 0.578. The molecule has 1 aromatic heterocycles. The zero-order valence-electron chi connectivity index (χ0n) is 18.7. The molecule has 33 heavy (non-hydrogen) atoms. The van der Waals surface area contributed by atoms with Crippen LogP contribution in [0.4, 0.5) is 0 Å². The maximum Gasteiger partial charge on any atom is 0.279 e. The van der Waals surface area contributed by atoms with E-state index in [0.717, 1.165) is 27.7 Å². The van der Waals surface area contributed by atoms with Crippen LogP contribution in [0.15, 0.2) is 56.8 Å². The highest BCUT2D eigenvalue weighted by Crippen LogP contribution is 2.24. The van der Waals surface area contributed by atoms with Crippen LogP contribution in [-0.2, 0) is 21.3 Å². The molecule has 176 valence electrons. The van der Waals surface area contributed by atoms with Crippen molar-refractivity contribution < 1.29 is 17.9 Å². The van der Waals surface area contributed by atoms with Gasteiger partial charge in [-0.3, -0.25) is 4.79 Å². The molecule has 7 nitrogen and oxygen atoms in total. The van der Waals surface area contributed by atoms with Crippen molar-refractivity contribution in [1.82, 2.24) is 8.87 Å². The summed E-state index contributed by atoms with van der Waals surface area (Å²) in [6, 6.07) is 12.0. The molecule has 2 heterocycles. The molecule has 1 amide bonds. The third-order valence-corrected chi connectivity index (χ3v) is 8.79. The van der Waals surface area contributed by atoms with Crippen molar-refractivity contribution in [2.24, 2.45) is 4.99 Å². The third kappa shape index (κ3) is 5.14. The van der Waals surface area contributed by atoms with Crippen LogP contribution in [0.25, 0.3) is 10.2 Å². The van der Waals surface area contributed by atoms with Gasteiger partial charge in [0.25, 0.3) is 5.91 Å². The van der Waals surface area contributed by atoms with Crippen LogP contribution >= 0.6 is 27.3 Å². The monoisotopic (exact) mass is 551 g/mol. The Morgan fingerprint density at radius 3 is 2.45 bits per heavy atom. The number of ether oxygens (including phenoxy) is 1. The highest BCUT2D eigenvalue weighted by molar-refractivity contribution is 9.10. The molecule has 4 rings (SSSR count). The second kappa shape index (κ2) is 9.79. The summed E-state index contributed by atoms with van der Waals surface area (Å²) >= 11 is 4.95. The smallest absolute Gasteiger partial charge is 0.279 e. The summed E-state index contributed by atoms with van der Waals surface area (Å²) in [5.74, 6) is -0.400. The molecule has 1 aliphatic heterocycles. The van der Waals surface area contributed by atoms with E-state index in [2.05, 4.69) is 27.8 Å². The zero-order chi connectivity index (χ0) is 23.8.